The number of nitrogens with two attached hydrogens (primary N) is 1. The van der Waals surface area contributed by atoms with Crippen LogP contribution in [-0.2, 0) is 9.59 Å². The van der Waals surface area contributed by atoms with Gasteiger partial charge in [0.15, 0.2) is 0 Å². The smallest absolute Gasteiger partial charge is 0.253 e. The maximum Gasteiger partial charge on any atom is 0.253 e. The first-order valence-corrected chi connectivity index (χ1v) is 15.9. The summed E-state index contributed by atoms with van der Waals surface area (Å²) in [4.78, 5) is 44.6. The highest BCUT2D eigenvalue weighted by atomic mass is 35.5. The molecule has 4 aliphatic rings. The Hall–Kier alpha value is -3.10. The maximum atomic E-state index is 13.5. The number of rotatable bonds is 5. The molecule has 6 rings (SSSR count). The van der Waals surface area contributed by atoms with Gasteiger partial charge in [-0.05, 0) is 104 Å². The summed E-state index contributed by atoms with van der Waals surface area (Å²) in [6.45, 7) is 7.08. The van der Waals surface area contributed by atoms with Crippen molar-refractivity contribution in [3.05, 3.63) is 58.6 Å². The molecule has 1 saturated carbocycles. The van der Waals surface area contributed by atoms with E-state index in [1.165, 1.54) is 37.9 Å². The van der Waals surface area contributed by atoms with E-state index in [9.17, 15) is 14.4 Å². The van der Waals surface area contributed by atoms with E-state index in [4.69, 9.17) is 17.3 Å². The number of amides is 3. The molecule has 1 unspecified atom stereocenters. The van der Waals surface area contributed by atoms with Crippen LogP contribution in [0.2, 0.25) is 5.02 Å². The second kappa shape index (κ2) is 12.3. The number of halogens is 1. The van der Waals surface area contributed by atoms with Gasteiger partial charge in [0.1, 0.15) is 0 Å². The molecular weight excluding hydrogens is 550 g/mol. The van der Waals surface area contributed by atoms with Gasteiger partial charge in [-0.25, -0.2) is 0 Å². The molecule has 4 fully saturated rings. The SMILES string of the molecule is Nc1ccc(N2CCN(CC3CCC4(CC3)CCN(C(=O)c3ccc(Cl)c(C5CCC(=O)NC5=O)c3)CC4)CC2)cc1. The summed E-state index contributed by atoms with van der Waals surface area (Å²) in [6, 6.07) is 13.4. The van der Waals surface area contributed by atoms with Crippen LogP contribution in [-0.4, -0.2) is 73.3 Å². The molecule has 0 aromatic heterocycles. The highest BCUT2D eigenvalue weighted by Crippen LogP contribution is 2.46. The van der Waals surface area contributed by atoms with Crippen LogP contribution in [0, 0.1) is 11.3 Å². The van der Waals surface area contributed by atoms with Crippen molar-refractivity contribution in [2.24, 2.45) is 11.3 Å². The molecule has 0 bridgehead atoms. The van der Waals surface area contributed by atoms with Crippen molar-refractivity contribution < 1.29 is 14.4 Å². The number of nitrogens with one attached hydrogen (secondary N) is 1. The number of anilines is 2. The molecule has 1 spiro atoms. The molecule has 3 amide bonds. The molecule has 9 heteroatoms. The minimum Gasteiger partial charge on any atom is -0.399 e. The highest BCUT2D eigenvalue weighted by molar-refractivity contribution is 6.32. The highest BCUT2D eigenvalue weighted by Gasteiger charge is 2.40. The number of likely N-dealkylation sites (tertiary alicyclic amines) is 1. The third-order valence-electron chi connectivity index (χ3n) is 10.3. The summed E-state index contributed by atoms with van der Waals surface area (Å²) in [7, 11) is 0. The number of carbonyl (C=O) groups excluding carboxylic acids is 3. The Morgan fingerprint density at radius 1 is 0.905 bits per heavy atom. The summed E-state index contributed by atoms with van der Waals surface area (Å²) in [6.07, 6.45) is 7.86. The van der Waals surface area contributed by atoms with Crippen LogP contribution < -0.4 is 16.0 Å². The van der Waals surface area contributed by atoms with E-state index in [2.05, 4.69) is 27.2 Å². The summed E-state index contributed by atoms with van der Waals surface area (Å²) >= 11 is 6.43. The Morgan fingerprint density at radius 3 is 2.26 bits per heavy atom. The van der Waals surface area contributed by atoms with Gasteiger partial charge in [-0.15, -0.1) is 0 Å². The molecule has 3 heterocycles. The molecule has 8 nitrogen and oxygen atoms in total. The van der Waals surface area contributed by atoms with E-state index < -0.39 is 5.92 Å². The Morgan fingerprint density at radius 2 is 1.60 bits per heavy atom. The van der Waals surface area contributed by atoms with E-state index in [1.54, 1.807) is 18.2 Å². The van der Waals surface area contributed by atoms with Gasteiger partial charge in [0, 0.05) is 74.2 Å². The average molecular weight is 592 g/mol. The summed E-state index contributed by atoms with van der Waals surface area (Å²) in [5.41, 5.74) is 9.48. The van der Waals surface area contributed by atoms with Crippen LogP contribution in [0.1, 0.15) is 73.2 Å². The van der Waals surface area contributed by atoms with Crippen molar-refractivity contribution in [3.8, 4) is 0 Å². The fourth-order valence-corrected chi connectivity index (χ4v) is 7.76. The molecule has 2 aromatic carbocycles. The van der Waals surface area contributed by atoms with Gasteiger partial charge in [-0.1, -0.05) is 11.6 Å². The Labute approximate surface area is 253 Å². The van der Waals surface area contributed by atoms with Gasteiger partial charge < -0.3 is 15.5 Å². The lowest BCUT2D eigenvalue weighted by Crippen LogP contribution is -2.49. The molecule has 1 atom stereocenters. The van der Waals surface area contributed by atoms with Crippen LogP contribution in [0.4, 0.5) is 11.4 Å². The van der Waals surface area contributed by atoms with E-state index in [0.717, 1.165) is 63.7 Å². The average Bonchev–Trinajstić information content (AvgIpc) is 3.00. The Kier molecular flexibility index (Phi) is 8.46. The van der Waals surface area contributed by atoms with Crippen molar-refractivity contribution in [2.75, 3.05) is 56.4 Å². The molecule has 224 valence electrons. The number of imide groups is 1. The largest absolute Gasteiger partial charge is 0.399 e. The van der Waals surface area contributed by atoms with Gasteiger partial charge >= 0.3 is 0 Å². The zero-order valence-corrected chi connectivity index (χ0v) is 25.1. The van der Waals surface area contributed by atoms with Crippen molar-refractivity contribution in [1.29, 1.82) is 0 Å². The molecule has 2 aromatic rings. The molecule has 3 saturated heterocycles. The molecule has 3 aliphatic heterocycles. The monoisotopic (exact) mass is 591 g/mol. The predicted octanol–water partition coefficient (Wildman–Crippen LogP) is 4.68. The van der Waals surface area contributed by atoms with Crippen LogP contribution in [0.5, 0.6) is 0 Å². The first-order valence-electron chi connectivity index (χ1n) is 15.5. The standard InChI is InChI=1S/C33H42ClN5O3/c34-29-7-1-24(21-28(29)27-6-8-30(40)36-31(27)41)32(42)39-15-13-33(14-16-39)11-9-23(10-12-33)22-37-17-19-38(20-18-37)26-4-2-25(35)3-5-26/h1-5,7,21,23,27H,6,8-20,22,35H2,(H,36,40,41). The lowest BCUT2D eigenvalue weighted by molar-refractivity contribution is -0.134. The van der Waals surface area contributed by atoms with Gasteiger partial charge in [0.05, 0.1) is 5.92 Å². The zero-order valence-electron chi connectivity index (χ0n) is 24.3. The van der Waals surface area contributed by atoms with E-state index >= 15 is 0 Å². The fraction of sp³-hybridized carbons (Fsp3) is 0.545. The zero-order chi connectivity index (χ0) is 29.3. The number of nitrogen functional groups attached to an aromatic ring is 1. The predicted molar refractivity (Wildman–Crippen MR) is 166 cm³/mol. The molecule has 42 heavy (non-hydrogen) atoms. The van der Waals surface area contributed by atoms with Gasteiger partial charge in [0.2, 0.25) is 11.8 Å². The van der Waals surface area contributed by atoms with Crippen LogP contribution in [0.15, 0.2) is 42.5 Å². The Bertz CT molecular complexity index is 1310. The fourth-order valence-electron chi connectivity index (χ4n) is 7.51. The van der Waals surface area contributed by atoms with Crippen molar-refractivity contribution in [3.63, 3.8) is 0 Å². The minimum atomic E-state index is -0.504. The second-order valence-electron chi connectivity index (χ2n) is 12.9. The second-order valence-corrected chi connectivity index (χ2v) is 13.3. The van der Waals surface area contributed by atoms with Crippen LogP contribution >= 0.6 is 11.6 Å². The lowest BCUT2D eigenvalue weighted by atomic mass is 9.65. The number of piperidine rings is 2. The molecule has 0 radical (unpaired) electrons. The van der Waals surface area contributed by atoms with Gasteiger partial charge in [-0.2, -0.15) is 0 Å². The van der Waals surface area contributed by atoms with Gasteiger partial charge in [-0.3, -0.25) is 24.6 Å². The number of hydrogen-bond acceptors (Lipinski definition) is 6. The van der Waals surface area contributed by atoms with Crippen LogP contribution in [0.3, 0.4) is 0 Å². The summed E-state index contributed by atoms with van der Waals surface area (Å²) < 4.78 is 0. The number of nitrogens with zero attached hydrogens (tertiary/aromatic N) is 3. The Balaban J connectivity index is 0.971. The van der Waals surface area contributed by atoms with Crippen molar-refractivity contribution in [1.82, 2.24) is 15.1 Å². The van der Waals surface area contributed by atoms with Crippen molar-refractivity contribution >= 4 is 40.7 Å². The normalized spacial score (nSPS) is 23.7. The van der Waals surface area contributed by atoms with Crippen molar-refractivity contribution in [2.45, 2.75) is 57.3 Å². The third kappa shape index (κ3) is 6.30. The lowest BCUT2D eigenvalue weighted by Gasteiger charge is -2.47. The maximum absolute atomic E-state index is 13.5. The molecule has 1 aliphatic carbocycles. The van der Waals surface area contributed by atoms with Crippen LogP contribution in [0.25, 0.3) is 0 Å². The van der Waals surface area contributed by atoms with Gasteiger partial charge in [0.25, 0.3) is 5.91 Å². The van der Waals surface area contributed by atoms with E-state index in [1.807, 2.05) is 17.0 Å². The van der Waals surface area contributed by atoms with E-state index in [-0.39, 0.29) is 24.1 Å². The number of carbonyl (C=O) groups is 3. The quantitative estimate of drug-likeness (QED) is 0.387. The first kappa shape index (κ1) is 29.0. The first-order chi connectivity index (χ1) is 20.3. The molecule has 3 N–H and O–H groups in total. The number of piperazine rings is 1. The molecular formula is C33H42ClN5O3. The van der Waals surface area contributed by atoms with E-state index in [0.29, 0.717) is 28.0 Å². The summed E-state index contributed by atoms with van der Waals surface area (Å²) in [5.74, 6) is -0.340. The number of hydrogen-bond donors (Lipinski definition) is 2. The topological polar surface area (TPSA) is 99.0 Å². The summed E-state index contributed by atoms with van der Waals surface area (Å²) in [5, 5.41) is 2.85. The third-order valence-corrected chi connectivity index (χ3v) is 10.6. The minimum absolute atomic E-state index is 0.00172. The number of benzene rings is 2.